The zero-order chi connectivity index (χ0) is 27.5. The van der Waals surface area contributed by atoms with E-state index in [2.05, 4.69) is 4.98 Å². The zero-order valence-corrected chi connectivity index (χ0v) is 22.5. The van der Waals surface area contributed by atoms with Gasteiger partial charge < -0.3 is 5.11 Å². The van der Waals surface area contributed by atoms with Gasteiger partial charge in [0, 0.05) is 22.1 Å². The van der Waals surface area contributed by atoms with E-state index in [1.54, 1.807) is 66.7 Å². The summed E-state index contributed by atoms with van der Waals surface area (Å²) in [6, 6.07) is 25.3. The van der Waals surface area contributed by atoms with Gasteiger partial charge in [-0.3, -0.25) is 4.79 Å². The molecule has 194 valence electrons. The minimum absolute atomic E-state index is 0.0778. The second kappa shape index (κ2) is 11.4. The minimum atomic E-state index is -1.11. The Bertz CT molecular complexity index is 1670. The highest BCUT2D eigenvalue weighted by atomic mass is 35.5. The van der Waals surface area contributed by atoms with Gasteiger partial charge in [-0.25, -0.2) is 9.78 Å². The number of nitrogens with zero attached hydrogens (tertiary/aromatic N) is 2. The highest BCUT2D eigenvalue weighted by Gasteiger charge is 2.18. The van der Waals surface area contributed by atoms with Gasteiger partial charge in [0.15, 0.2) is 0 Å². The number of halogens is 3. The van der Waals surface area contributed by atoms with Gasteiger partial charge in [0.05, 0.1) is 27.8 Å². The summed E-state index contributed by atoms with van der Waals surface area (Å²) in [4.78, 5) is 29.4. The number of carbonyl (C=O) groups is 2. The van der Waals surface area contributed by atoms with Gasteiger partial charge in [-0.1, -0.05) is 88.3 Å². The predicted molar refractivity (Wildman–Crippen MR) is 153 cm³/mol. The maximum absolute atomic E-state index is 14.5. The SMILES string of the molecule is O=C(O)c1cc(-c2nc(-c3ccc(Cl)c(Cl)c3)cs2)ccc1-c1ccc(C(=O)N(F)Cc2ccccc2)cc1. The highest BCUT2D eigenvalue weighted by Crippen LogP contribution is 2.34. The Hall–Kier alpha value is -4.04. The van der Waals surface area contributed by atoms with Crippen LogP contribution in [-0.2, 0) is 6.54 Å². The van der Waals surface area contributed by atoms with Crippen molar-refractivity contribution in [2.75, 3.05) is 0 Å². The Labute approximate surface area is 237 Å². The standard InChI is InChI=1S/C30H19Cl2FN2O3S/c31-25-13-11-21(15-26(25)32)27-17-39-28(34-27)22-10-12-23(24(14-22)30(37)38)19-6-8-20(9-7-19)29(36)35(33)16-18-4-2-1-3-5-18/h1-15,17H,16H2,(H,37,38). The van der Waals surface area contributed by atoms with Crippen molar-refractivity contribution in [1.29, 1.82) is 0 Å². The molecular formula is C30H19Cl2FN2O3S. The first kappa shape index (κ1) is 26.6. The molecule has 0 aliphatic heterocycles. The molecule has 0 saturated heterocycles. The summed E-state index contributed by atoms with van der Waals surface area (Å²) in [5.41, 5.74) is 4.09. The number of carbonyl (C=O) groups excluding carboxylic acids is 1. The van der Waals surface area contributed by atoms with E-state index in [4.69, 9.17) is 23.2 Å². The van der Waals surface area contributed by atoms with Gasteiger partial charge in [-0.05, 0) is 47.0 Å². The van der Waals surface area contributed by atoms with Crippen LogP contribution >= 0.6 is 34.5 Å². The lowest BCUT2D eigenvalue weighted by atomic mass is 9.96. The van der Waals surface area contributed by atoms with Crippen molar-refractivity contribution in [3.05, 3.63) is 123 Å². The molecule has 0 fully saturated rings. The van der Waals surface area contributed by atoms with Crippen LogP contribution in [-0.4, -0.2) is 27.1 Å². The topological polar surface area (TPSA) is 70.5 Å². The first-order valence-electron chi connectivity index (χ1n) is 11.7. The number of benzene rings is 4. The Morgan fingerprint density at radius 2 is 1.54 bits per heavy atom. The summed E-state index contributed by atoms with van der Waals surface area (Å²) in [6.45, 7) is -0.171. The fraction of sp³-hybridized carbons (Fsp3) is 0.0333. The summed E-state index contributed by atoms with van der Waals surface area (Å²) < 4.78 is 14.5. The summed E-state index contributed by atoms with van der Waals surface area (Å²) in [7, 11) is 0. The zero-order valence-electron chi connectivity index (χ0n) is 20.1. The molecule has 1 aromatic heterocycles. The van der Waals surface area contributed by atoms with Gasteiger partial charge in [0.2, 0.25) is 0 Å². The van der Waals surface area contributed by atoms with Gasteiger partial charge in [-0.15, -0.1) is 11.3 Å². The van der Waals surface area contributed by atoms with E-state index < -0.39 is 11.9 Å². The van der Waals surface area contributed by atoms with Crippen LogP contribution in [0, 0.1) is 0 Å². The first-order valence-corrected chi connectivity index (χ1v) is 13.3. The molecule has 0 unspecified atom stereocenters. The van der Waals surface area contributed by atoms with Crippen molar-refractivity contribution < 1.29 is 19.2 Å². The molecule has 0 radical (unpaired) electrons. The van der Waals surface area contributed by atoms with E-state index >= 15 is 0 Å². The molecule has 5 nitrogen and oxygen atoms in total. The number of hydrogen-bond acceptors (Lipinski definition) is 4. The second-order valence-electron chi connectivity index (χ2n) is 8.62. The molecule has 5 aromatic rings. The third-order valence-corrected chi connectivity index (χ3v) is 7.67. The molecule has 0 aliphatic rings. The molecule has 5 rings (SSSR count). The first-order chi connectivity index (χ1) is 18.8. The lowest BCUT2D eigenvalue weighted by molar-refractivity contribution is 0.0148. The van der Waals surface area contributed by atoms with E-state index in [9.17, 15) is 19.2 Å². The summed E-state index contributed by atoms with van der Waals surface area (Å²) in [5.74, 6) is -1.88. The summed E-state index contributed by atoms with van der Waals surface area (Å²) in [5, 5.41) is 13.5. The van der Waals surface area contributed by atoms with E-state index in [0.717, 1.165) is 5.56 Å². The predicted octanol–water partition coefficient (Wildman–Crippen LogP) is 8.68. The van der Waals surface area contributed by atoms with Gasteiger partial charge in [0.25, 0.3) is 5.91 Å². The molecule has 0 atom stereocenters. The molecule has 1 N–H and O–H groups in total. The van der Waals surface area contributed by atoms with Crippen molar-refractivity contribution in [2.45, 2.75) is 6.54 Å². The number of aromatic carboxylic acids is 1. The molecule has 39 heavy (non-hydrogen) atoms. The number of aromatic nitrogens is 1. The molecule has 0 saturated carbocycles. The molecule has 1 amide bonds. The maximum atomic E-state index is 14.5. The number of carboxylic acid groups (broad SMARTS) is 1. The van der Waals surface area contributed by atoms with Crippen LogP contribution in [0.1, 0.15) is 26.3 Å². The third-order valence-electron chi connectivity index (χ3n) is 6.04. The fourth-order valence-corrected chi connectivity index (χ4v) is 5.17. The summed E-state index contributed by atoms with van der Waals surface area (Å²) >= 11 is 13.5. The van der Waals surface area contributed by atoms with Crippen LogP contribution < -0.4 is 0 Å². The van der Waals surface area contributed by atoms with Crippen molar-refractivity contribution in [1.82, 2.24) is 10.1 Å². The molecular weight excluding hydrogens is 558 g/mol. The van der Waals surface area contributed by atoms with Crippen LogP contribution in [0.4, 0.5) is 4.48 Å². The second-order valence-corrected chi connectivity index (χ2v) is 10.3. The number of rotatable bonds is 7. The Morgan fingerprint density at radius 3 is 2.23 bits per heavy atom. The maximum Gasteiger partial charge on any atom is 0.336 e. The molecule has 0 bridgehead atoms. The lowest BCUT2D eigenvalue weighted by Gasteiger charge is -2.13. The van der Waals surface area contributed by atoms with Gasteiger partial charge >= 0.3 is 5.97 Å². The van der Waals surface area contributed by atoms with Crippen LogP contribution in [0.3, 0.4) is 0 Å². The molecule has 0 spiro atoms. The quantitative estimate of drug-likeness (QED) is 0.197. The smallest absolute Gasteiger partial charge is 0.336 e. The monoisotopic (exact) mass is 576 g/mol. The van der Waals surface area contributed by atoms with E-state index in [0.29, 0.717) is 43.0 Å². The average Bonchev–Trinajstić information content (AvgIpc) is 3.45. The minimum Gasteiger partial charge on any atom is -0.478 e. The van der Waals surface area contributed by atoms with Crippen molar-refractivity contribution in [3.63, 3.8) is 0 Å². The van der Waals surface area contributed by atoms with Gasteiger partial charge in [0.1, 0.15) is 5.01 Å². The number of hydrogen-bond donors (Lipinski definition) is 1. The number of amides is 1. The Morgan fingerprint density at radius 1 is 0.846 bits per heavy atom. The number of thiazole rings is 1. The van der Waals surface area contributed by atoms with Crippen molar-refractivity contribution >= 4 is 46.4 Å². The van der Waals surface area contributed by atoms with Crippen LogP contribution in [0.25, 0.3) is 33.0 Å². The van der Waals surface area contributed by atoms with Crippen LogP contribution in [0.2, 0.25) is 10.0 Å². The average molecular weight is 577 g/mol. The molecule has 9 heteroatoms. The summed E-state index contributed by atoms with van der Waals surface area (Å²) in [6.07, 6.45) is 0. The van der Waals surface area contributed by atoms with Crippen molar-refractivity contribution in [3.8, 4) is 33.0 Å². The number of carboxylic acids is 1. The van der Waals surface area contributed by atoms with Crippen LogP contribution in [0.5, 0.6) is 0 Å². The highest BCUT2D eigenvalue weighted by molar-refractivity contribution is 7.13. The van der Waals surface area contributed by atoms with Crippen LogP contribution in [0.15, 0.2) is 96.4 Å². The van der Waals surface area contributed by atoms with E-state index in [1.807, 2.05) is 17.5 Å². The normalized spacial score (nSPS) is 10.8. The molecule has 1 heterocycles. The van der Waals surface area contributed by atoms with Crippen molar-refractivity contribution in [2.24, 2.45) is 0 Å². The molecule has 4 aromatic carbocycles. The van der Waals surface area contributed by atoms with E-state index in [-0.39, 0.29) is 22.8 Å². The van der Waals surface area contributed by atoms with Gasteiger partial charge in [-0.2, -0.15) is 5.12 Å². The largest absolute Gasteiger partial charge is 0.478 e. The molecule has 0 aliphatic carbocycles. The third kappa shape index (κ3) is 5.86. The Kier molecular flexibility index (Phi) is 7.74. The Balaban J connectivity index is 1.38. The lowest BCUT2D eigenvalue weighted by Crippen LogP contribution is -2.22. The fourth-order valence-electron chi connectivity index (χ4n) is 4.05. The van der Waals surface area contributed by atoms with E-state index in [1.165, 1.54) is 23.5 Å².